The van der Waals surface area contributed by atoms with Gasteiger partial charge in [-0.25, -0.2) is 0 Å². The Morgan fingerprint density at radius 2 is 2.15 bits per heavy atom. The van der Waals surface area contributed by atoms with E-state index in [0.717, 1.165) is 25.2 Å². The molecule has 106 valence electrons. The number of nitrogens with one attached hydrogen (secondary N) is 1. The highest BCUT2D eigenvalue weighted by Gasteiger charge is 2.17. The summed E-state index contributed by atoms with van der Waals surface area (Å²) in [6, 6.07) is 6.87. The summed E-state index contributed by atoms with van der Waals surface area (Å²) in [5, 5.41) is 8.13. The zero-order valence-electron chi connectivity index (χ0n) is 11.8. The van der Waals surface area contributed by atoms with Crippen LogP contribution in [0.2, 0.25) is 0 Å². The van der Waals surface area contributed by atoms with Crippen LogP contribution in [0, 0.1) is 0 Å². The topological polar surface area (TPSA) is 42.7 Å². The molecule has 1 aliphatic rings. The molecule has 1 fully saturated rings. The molecule has 0 amide bonds. The molecular formula is C16H22N4. The molecule has 2 aromatic rings. The van der Waals surface area contributed by atoms with Gasteiger partial charge in [0.1, 0.15) is 0 Å². The van der Waals surface area contributed by atoms with Crippen molar-refractivity contribution in [2.75, 3.05) is 6.54 Å². The second kappa shape index (κ2) is 6.66. The van der Waals surface area contributed by atoms with E-state index in [2.05, 4.69) is 38.4 Å². The number of aromatic nitrogens is 3. The molecule has 0 radical (unpaired) electrons. The predicted molar refractivity (Wildman–Crippen MR) is 79.4 cm³/mol. The van der Waals surface area contributed by atoms with E-state index in [9.17, 15) is 0 Å². The normalized spacial score (nSPS) is 15.8. The van der Waals surface area contributed by atoms with Crippen LogP contribution in [0.3, 0.4) is 0 Å². The average Bonchev–Trinajstić information content (AvgIpc) is 3.15. The molecule has 0 unspecified atom stereocenters. The van der Waals surface area contributed by atoms with Crippen LogP contribution in [0.25, 0.3) is 0 Å². The lowest BCUT2D eigenvalue weighted by Gasteiger charge is -2.09. The van der Waals surface area contributed by atoms with Crippen LogP contribution in [0.5, 0.6) is 0 Å². The molecule has 4 heteroatoms. The summed E-state index contributed by atoms with van der Waals surface area (Å²) in [5.74, 6) is 0. The van der Waals surface area contributed by atoms with Crippen LogP contribution < -0.4 is 5.32 Å². The number of hydrogen-bond acceptors (Lipinski definition) is 3. The quantitative estimate of drug-likeness (QED) is 0.821. The highest BCUT2D eigenvalue weighted by Crippen LogP contribution is 2.28. The number of nitrogens with zero attached hydrogens (tertiary/aromatic N) is 3. The molecule has 0 bridgehead atoms. The van der Waals surface area contributed by atoms with Crippen molar-refractivity contribution in [2.45, 2.75) is 44.7 Å². The molecule has 0 spiro atoms. The van der Waals surface area contributed by atoms with Crippen molar-refractivity contribution in [2.24, 2.45) is 0 Å². The first kappa shape index (κ1) is 13.3. The third-order valence-corrected chi connectivity index (χ3v) is 3.98. The van der Waals surface area contributed by atoms with Crippen molar-refractivity contribution in [1.29, 1.82) is 0 Å². The molecule has 4 nitrogen and oxygen atoms in total. The smallest absolute Gasteiger partial charge is 0.0762 e. The average molecular weight is 270 g/mol. The summed E-state index contributed by atoms with van der Waals surface area (Å²) >= 11 is 0. The van der Waals surface area contributed by atoms with Crippen molar-refractivity contribution in [1.82, 2.24) is 20.1 Å². The minimum Gasteiger partial charge on any atom is -0.311 e. The summed E-state index contributed by atoms with van der Waals surface area (Å²) < 4.78 is 2.16. The predicted octanol–water partition coefficient (Wildman–Crippen LogP) is 2.73. The van der Waals surface area contributed by atoms with E-state index in [4.69, 9.17) is 0 Å². The Kier molecular flexibility index (Phi) is 4.43. The molecule has 0 aliphatic heterocycles. The Morgan fingerprint density at radius 1 is 1.25 bits per heavy atom. The van der Waals surface area contributed by atoms with Gasteiger partial charge in [-0.2, -0.15) is 5.10 Å². The fourth-order valence-corrected chi connectivity index (χ4v) is 2.84. The fraction of sp³-hybridized carbons (Fsp3) is 0.500. The number of pyridine rings is 1. The van der Waals surface area contributed by atoms with Crippen molar-refractivity contribution in [3.63, 3.8) is 0 Å². The summed E-state index contributed by atoms with van der Waals surface area (Å²) in [6.45, 7) is 1.81. The van der Waals surface area contributed by atoms with Crippen LogP contribution >= 0.6 is 0 Å². The zero-order valence-corrected chi connectivity index (χ0v) is 11.8. The van der Waals surface area contributed by atoms with Gasteiger partial charge in [-0.05, 0) is 43.5 Å². The SMILES string of the molecule is c1cncc(CCNCc2ccn(C3CCCC3)n2)c1. The van der Waals surface area contributed by atoms with Crippen LogP contribution in [0.4, 0.5) is 0 Å². The van der Waals surface area contributed by atoms with Gasteiger partial charge >= 0.3 is 0 Å². The second-order valence-corrected chi connectivity index (χ2v) is 5.51. The molecule has 0 saturated heterocycles. The molecular weight excluding hydrogens is 248 g/mol. The largest absolute Gasteiger partial charge is 0.311 e. The molecule has 0 atom stereocenters. The standard InChI is InChI=1S/C16H22N4/c1-2-6-16(5-1)20-11-8-15(19-20)13-18-10-7-14-4-3-9-17-12-14/h3-4,8-9,11-12,16,18H,1-2,5-7,10,13H2. The summed E-state index contributed by atoms with van der Waals surface area (Å²) in [5.41, 5.74) is 2.42. The Hall–Kier alpha value is -1.68. The van der Waals surface area contributed by atoms with Gasteiger partial charge in [0.15, 0.2) is 0 Å². The molecule has 20 heavy (non-hydrogen) atoms. The summed E-state index contributed by atoms with van der Waals surface area (Å²) in [7, 11) is 0. The van der Waals surface area contributed by atoms with Crippen molar-refractivity contribution < 1.29 is 0 Å². The Bertz CT molecular complexity index is 514. The molecule has 0 aromatic carbocycles. The van der Waals surface area contributed by atoms with E-state index in [-0.39, 0.29) is 0 Å². The van der Waals surface area contributed by atoms with Crippen molar-refractivity contribution in [3.8, 4) is 0 Å². The number of rotatable bonds is 6. The molecule has 1 N–H and O–H groups in total. The number of hydrogen-bond donors (Lipinski definition) is 1. The van der Waals surface area contributed by atoms with Gasteiger partial charge < -0.3 is 5.32 Å². The third-order valence-electron chi connectivity index (χ3n) is 3.98. The maximum absolute atomic E-state index is 4.68. The van der Waals surface area contributed by atoms with Crippen LogP contribution in [0.1, 0.15) is 43.0 Å². The summed E-state index contributed by atoms with van der Waals surface area (Å²) in [4.78, 5) is 4.13. The van der Waals surface area contributed by atoms with Crippen LogP contribution in [-0.4, -0.2) is 21.3 Å². The zero-order chi connectivity index (χ0) is 13.6. The van der Waals surface area contributed by atoms with Crippen molar-refractivity contribution >= 4 is 0 Å². The fourth-order valence-electron chi connectivity index (χ4n) is 2.84. The highest BCUT2D eigenvalue weighted by atomic mass is 15.3. The molecule has 3 rings (SSSR count). The monoisotopic (exact) mass is 270 g/mol. The maximum Gasteiger partial charge on any atom is 0.0762 e. The van der Waals surface area contributed by atoms with Gasteiger partial charge in [0.2, 0.25) is 0 Å². The second-order valence-electron chi connectivity index (χ2n) is 5.51. The van der Waals surface area contributed by atoms with E-state index in [1.807, 2.05) is 18.5 Å². The molecule has 1 aliphatic carbocycles. The Morgan fingerprint density at radius 3 is 2.95 bits per heavy atom. The van der Waals surface area contributed by atoms with Crippen LogP contribution in [-0.2, 0) is 13.0 Å². The van der Waals surface area contributed by atoms with Gasteiger partial charge in [0, 0.05) is 25.1 Å². The molecule has 1 saturated carbocycles. The van der Waals surface area contributed by atoms with Gasteiger partial charge in [-0.1, -0.05) is 18.9 Å². The van der Waals surface area contributed by atoms with E-state index >= 15 is 0 Å². The minimum atomic E-state index is 0.638. The molecule has 2 heterocycles. The Balaban J connectivity index is 1.42. The highest BCUT2D eigenvalue weighted by molar-refractivity contribution is 5.08. The van der Waals surface area contributed by atoms with E-state index in [1.54, 1.807) is 0 Å². The van der Waals surface area contributed by atoms with E-state index < -0.39 is 0 Å². The first-order valence-corrected chi connectivity index (χ1v) is 7.55. The van der Waals surface area contributed by atoms with Gasteiger partial charge in [-0.15, -0.1) is 0 Å². The lowest BCUT2D eigenvalue weighted by atomic mass is 10.2. The lowest BCUT2D eigenvalue weighted by Crippen LogP contribution is -2.17. The van der Waals surface area contributed by atoms with Gasteiger partial charge in [0.25, 0.3) is 0 Å². The Labute approximate surface area is 120 Å². The molecule has 2 aromatic heterocycles. The first-order valence-electron chi connectivity index (χ1n) is 7.55. The maximum atomic E-state index is 4.68. The van der Waals surface area contributed by atoms with E-state index in [1.165, 1.54) is 31.2 Å². The first-order chi connectivity index (χ1) is 9.92. The third kappa shape index (κ3) is 3.45. The van der Waals surface area contributed by atoms with Crippen LogP contribution in [0.15, 0.2) is 36.8 Å². The minimum absolute atomic E-state index is 0.638. The summed E-state index contributed by atoms with van der Waals surface area (Å²) in [6.07, 6.45) is 12.2. The van der Waals surface area contributed by atoms with Gasteiger partial charge in [-0.3, -0.25) is 9.67 Å². The van der Waals surface area contributed by atoms with E-state index in [0.29, 0.717) is 6.04 Å². The lowest BCUT2D eigenvalue weighted by molar-refractivity contribution is 0.461. The van der Waals surface area contributed by atoms with Gasteiger partial charge in [0.05, 0.1) is 11.7 Å². The van der Waals surface area contributed by atoms with Crippen molar-refractivity contribution in [3.05, 3.63) is 48.0 Å².